The molecule has 0 spiro atoms. The normalized spacial score (nSPS) is 22.7. The lowest BCUT2D eigenvalue weighted by molar-refractivity contribution is -0.110. The zero-order valence-electron chi connectivity index (χ0n) is 13.2. The summed E-state index contributed by atoms with van der Waals surface area (Å²) in [6.07, 6.45) is 1.53. The number of benzene rings is 1. The molecule has 6 nitrogen and oxygen atoms in total. The Morgan fingerprint density at radius 2 is 2.05 bits per heavy atom. The summed E-state index contributed by atoms with van der Waals surface area (Å²) in [6, 6.07) is 7.51. The monoisotopic (exact) mass is 325 g/mol. The molecule has 7 heteroatoms. The van der Waals surface area contributed by atoms with Crippen LogP contribution in [0, 0.1) is 0 Å². The zero-order chi connectivity index (χ0) is 16.3. The predicted molar refractivity (Wildman–Crippen MR) is 88.1 cm³/mol. The highest BCUT2D eigenvalue weighted by molar-refractivity contribution is 7.90. The second-order valence-electron chi connectivity index (χ2n) is 5.49. The molecule has 1 fully saturated rings. The molecule has 2 rings (SSSR count). The third-order valence-corrected chi connectivity index (χ3v) is 5.52. The number of sulfonamides is 1. The van der Waals surface area contributed by atoms with E-state index < -0.39 is 15.3 Å². The van der Waals surface area contributed by atoms with Gasteiger partial charge in [0, 0.05) is 33.4 Å². The van der Waals surface area contributed by atoms with Crippen molar-refractivity contribution in [2.45, 2.75) is 11.3 Å². The molecule has 1 aromatic carbocycles. The number of nitrogens with zero attached hydrogens (tertiary/aromatic N) is 2. The van der Waals surface area contributed by atoms with Gasteiger partial charge in [0.25, 0.3) is 0 Å². The maximum Gasteiger partial charge on any atom is 0.219 e. The number of hydrogen-bond acceptors (Lipinski definition) is 5. The number of hydrogen-bond donors (Lipinski definition) is 1. The summed E-state index contributed by atoms with van der Waals surface area (Å²) in [5.41, 5.74) is 1.98. The summed E-state index contributed by atoms with van der Waals surface area (Å²) in [5.74, 6) is 0. The molecular weight excluding hydrogens is 302 g/mol. The number of nitrogens with one attached hydrogen (secondary N) is 1. The van der Waals surface area contributed by atoms with Gasteiger partial charge >= 0.3 is 0 Å². The van der Waals surface area contributed by atoms with Gasteiger partial charge in [-0.3, -0.25) is 4.84 Å². The standard InChI is InChI=1S/C15H23N3O3S/c1-5-10-16-22(19,20)14-11-21-18(4)15(14)12-6-8-13(9-7-12)17(2)3/h5-9,14-16H,1,10-11H2,2-4H3/t14-,15-/m1/s1. The molecule has 0 aliphatic carbocycles. The van der Waals surface area contributed by atoms with Crippen LogP contribution >= 0.6 is 0 Å². The Kier molecular flexibility index (Phi) is 5.23. The van der Waals surface area contributed by atoms with Crippen LogP contribution in [0.5, 0.6) is 0 Å². The highest BCUT2D eigenvalue weighted by Crippen LogP contribution is 2.33. The molecule has 0 unspecified atom stereocenters. The van der Waals surface area contributed by atoms with Crippen molar-refractivity contribution in [3.8, 4) is 0 Å². The molecule has 1 heterocycles. The SMILES string of the molecule is C=CCNS(=O)(=O)[C@@H]1CON(C)[C@@H]1c1ccc(N(C)C)cc1. The summed E-state index contributed by atoms with van der Waals surface area (Å²) in [7, 11) is 2.21. The molecular formula is C15H23N3O3S. The smallest absolute Gasteiger partial charge is 0.219 e. The fraction of sp³-hybridized carbons (Fsp3) is 0.467. The lowest BCUT2D eigenvalue weighted by atomic mass is 10.0. The van der Waals surface area contributed by atoms with E-state index in [1.807, 2.05) is 43.3 Å². The third kappa shape index (κ3) is 3.49. The summed E-state index contributed by atoms with van der Waals surface area (Å²) >= 11 is 0. The zero-order valence-corrected chi connectivity index (χ0v) is 14.0. The number of rotatable bonds is 6. The molecule has 0 saturated carbocycles. The van der Waals surface area contributed by atoms with E-state index in [0.29, 0.717) is 0 Å². The molecule has 0 aromatic heterocycles. The van der Waals surface area contributed by atoms with Crippen molar-refractivity contribution < 1.29 is 13.3 Å². The van der Waals surface area contributed by atoms with Crippen molar-refractivity contribution >= 4 is 15.7 Å². The van der Waals surface area contributed by atoms with Crippen LogP contribution in [0.1, 0.15) is 11.6 Å². The van der Waals surface area contributed by atoms with E-state index in [4.69, 9.17) is 4.84 Å². The predicted octanol–water partition coefficient (Wildman–Crippen LogP) is 1.14. The minimum absolute atomic E-state index is 0.142. The summed E-state index contributed by atoms with van der Waals surface area (Å²) < 4.78 is 27.4. The van der Waals surface area contributed by atoms with E-state index in [1.54, 1.807) is 12.1 Å². The minimum atomic E-state index is -3.48. The van der Waals surface area contributed by atoms with Crippen molar-refractivity contribution in [3.05, 3.63) is 42.5 Å². The van der Waals surface area contributed by atoms with E-state index in [-0.39, 0.29) is 19.2 Å². The highest BCUT2D eigenvalue weighted by Gasteiger charge is 2.42. The third-order valence-electron chi connectivity index (χ3n) is 3.76. The molecule has 1 N–H and O–H groups in total. The highest BCUT2D eigenvalue weighted by atomic mass is 32.2. The van der Waals surface area contributed by atoms with Crippen LogP contribution < -0.4 is 9.62 Å². The van der Waals surface area contributed by atoms with Gasteiger partial charge in [-0.25, -0.2) is 13.1 Å². The number of anilines is 1. The van der Waals surface area contributed by atoms with E-state index in [9.17, 15) is 8.42 Å². The Balaban J connectivity index is 2.28. The summed E-state index contributed by atoms with van der Waals surface area (Å²) in [5, 5.41) is 0.963. The van der Waals surface area contributed by atoms with Crippen molar-refractivity contribution in [1.82, 2.24) is 9.79 Å². The summed E-state index contributed by atoms with van der Waals surface area (Å²) in [4.78, 5) is 7.45. The van der Waals surface area contributed by atoms with E-state index >= 15 is 0 Å². The fourth-order valence-electron chi connectivity index (χ4n) is 2.53. The fourth-order valence-corrected chi connectivity index (χ4v) is 4.00. The first-order valence-corrected chi connectivity index (χ1v) is 8.64. The lowest BCUT2D eigenvalue weighted by Gasteiger charge is -2.23. The first kappa shape index (κ1) is 17.0. The van der Waals surface area contributed by atoms with Gasteiger partial charge in [0.05, 0.1) is 12.6 Å². The Hall–Kier alpha value is -1.41. The van der Waals surface area contributed by atoms with Crippen LogP contribution in [-0.4, -0.2) is 53.0 Å². The average Bonchev–Trinajstić information content (AvgIpc) is 2.88. The molecule has 1 aliphatic rings. The topological polar surface area (TPSA) is 61.9 Å². The van der Waals surface area contributed by atoms with E-state index in [1.165, 1.54) is 6.08 Å². The summed E-state index contributed by atoms with van der Waals surface area (Å²) in [6.45, 7) is 3.89. The van der Waals surface area contributed by atoms with Gasteiger partial charge in [-0.05, 0) is 17.7 Å². The first-order valence-electron chi connectivity index (χ1n) is 7.09. The Labute approximate surface area is 132 Å². The van der Waals surface area contributed by atoms with Crippen molar-refractivity contribution in [3.63, 3.8) is 0 Å². The Morgan fingerprint density at radius 1 is 1.41 bits per heavy atom. The lowest BCUT2D eigenvalue weighted by Crippen LogP contribution is -2.39. The Morgan fingerprint density at radius 3 is 2.59 bits per heavy atom. The van der Waals surface area contributed by atoms with Crippen molar-refractivity contribution in [1.29, 1.82) is 0 Å². The van der Waals surface area contributed by atoms with Crippen LogP contribution in [0.3, 0.4) is 0 Å². The molecule has 0 radical (unpaired) electrons. The van der Waals surface area contributed by atoms with Crippen molar-refractivity contribution in [2.75, 3.05) is 39.2 Å². The molecule has 0 amide bonds. The average molecular weight is 325 g/mol. The van der Waals surface area contributed by atoms with Crippen LogP contribution in [0.15, 0.2) is 36.9 Å². The van der Waals surface area contributed by atoms with Crippen LogP contribution in [0.4, 0.5) is 5.69 Å². The maximum absolute atomic E-state index is 12.4. The molecule has 1 aromatic rings. The molecule has 2 atom stereocenters. The van der Waals surface area contributed by atoms with Gasteiger partial charge in [0.2, 0.25) is 10.0 Å². The second-order valence-corrected chi connectivity index (χ2v) is 7.48. The molecule has 0 bridgehead atoms. The quantitative estimate of drug-likeness (QED) is 0.795. The van der Waals surface area contributed by atoms with E-state index in [2.05, 4.69) is 11.3 Å². The number of hydroxylamine groups is 2. The van der Waals surface area contributed by atoms with Crippen LogP contribution in [-0.2, 0) is 14.9 Å². The first-order chi connectivity index (χ1) is 10.4. The van der Waals surface area contributed by atoms with Gasteiger partial charge in [0.1, 0.15) is 5.25 Å². The van der Waals surface area contributed by atoms with Crippen LogP contribution in [0.25, 0.3) is 0 Å². The minimum Gasteiger partial charge on any atom is -0.378 e. The Bertz CT molecular complexity index is 613. The van der Waals surface area contributed by atoms with Gasteiger partial charge < -0.3 is 4.90 Å². The van der Waals surface area contributed by atoms with Gasteiger partial charge in [-0.1, -0.05) is 18.2 Å². The maximum atomic E-state index is 12.4. The van der Waals surface area contributed by atoms with Crippen molar-refractivity contribution in [2.24, 2.45) is 0 Å². The van der Waals surface area contributed by atoms with Gasteiger partial charge in [0.15, 0.2) is 0 Å². The van der Waals surface area contributed by atoms with Crippen LogP contribution in [0.2, 0.25) is 0 Å². The molecule has 22 heavy (non-hydrogen) atoms. The largest absolute Gasteiger partial charge is 0.378 e. The van der Waals surface area contributed by atoms with Gasteiger partial charge in [-0.2, -0.15) is 5.06 Å². The second kappa shape index (κ2) is 6.78. The molecule has 122 valence electrons. The van der Waals surface area contributed by atoms with Gasteiger partial charge in [-0.15, -0.1) is 6.58 Å². The molecule has 1 aliphatic heterocycles. The van der Waals surface area contributed by atoms with E-state index in [0.717, 1.165) is 11.3 Å². The molecule has 1 saturated heterocycles.